The van der Waals surface area contributed by atoms with E-state index in [1.54, 1.807) is 25.1 Å². The van der Waals surface area contributed by atoms with Crippen LogP contribution in [-0.4, -0.2) is 9.97 Å². The van der Waals surface area contributed by atoms with E-state index in [9.17, 15) is 0 Å². The van der Waals surface area contributed by atoms with Crippen LogP contribution in [0, 0.1) is 29.6 Å². The number of aromatic nitrogens is 2. The van der Waals surface area contributed by atoms with Crippen LogP contribution in [0.4, 0.5) is 11.8 Å². The van der Waals surface area contributed by atoms with Crippen molar-refractivity contribution in [2.24, 2.45) is 0 Å². The van der Waals surface area contributed by atoms with E-state index < -0.39 is 0 Å². The summed E-state index contributed by atoms with van der Waals surface area (Å²) in [7, 11) is 0. The van der Waals surface area contributed by atoms with Gasteiger partial charge in [0.15, 0.2) is 0 Å². The van der Waals surface area contributed by atoms with Crippen LogP contribution in [-0.2, 0) is 0 Å². The number of anilines is 2. The van der Waals surface area contributed by atoms with Gasteiger partial charge in [0.1, 0.15) is 17.5 Å². The molecular formula is C13H10N6. The zero-order valence-electron chi connectivity index (χ0n) is 10.2. The van der Waals surface area contributed by atoms with Crippen molar-refractivity contribution in [2.45, 2.75) is 6.92 Å². The molecule has 0 atom stereocenters. The number of hydrogen-bond donors (Lipinski definition) is 2. The van der Waals surface area contributed by atoms with Crippen molar-refractivity contribution >= 4 is 11.8 Å². The van der Waals surface area contributed by atoms with E-state index in [2.05, 4.69) is 16.0 Å². The molecule has 0 saturated carbocycles. The monoisotopic (exact) mass is 250 g/mol. The van der Waals surface area contributed by atoms with Crippen molar-refractivity contribution in [2.75, 3.05) is 11.5 Å². The summed E-state index contributed by atoms with van der Waals surface area (Å²) in [6.07, 6.45) is 0. The largest absolute Gasteiger partial charge is 0.382 e. The van der Waals surface area contributed by atoms with Gasteiger partial charge in [-0.2, -0.15) is 15.5 Å². The molecule has 0 bridgehead atoms. The minimum Gasteiger partial charge on any atom is -0.382 e. The molecule has 4 N–H and O–H groups in total. The van der Waals surface area contributed by atoms with Crippen molar-refractivity contribution in [3.05, 3.63) is 34.9 Å². The second-order valence-corrected chi connectivity index (χ2v) is 3.89. The maximum atomic E-state index is 9.15. The molecule has 0 fully saturated rings. The third-order valence-corrected chi connectivity index (χ3v) is 2.78. The minimum absolute atomic E-state index is 0.00624. The third kappa shape index (κ3) is 2.03. The predicted molar refractivity (Wildman–Crippen MR) is 70.5 cm³/mol. The van der Waals surface area contributed by atoms with Crippen molar-refractivity contribution in [3.63, 3.8) is 0 Å². The molecule has 0 saturated heterocycles. The van der Waals surface area contributed by atoms with Crippen LogP contribution in [0.5, 0.6) is 0 Å². The van der Waals surface area contributed by atoms with Gasteiger partial charge in [0, 0.05) is 5.56 Å². The van der Waals surface area contributed by atoms with E-state index in [1.165, 1.54) is 0 Å². The van der Waals surface area contributed by atoms with E-state index in [-0.39, 0.29) is 17.3 Å². The maximum Gasteiger partial charge on any atom is 0.222 e. The predicted octanol–water partition coefficient (Wildman–Crippen LogP) is 1.36. The standard InChI is InChI=1S/C13H10N6/c1-7-8(5-14)3-2-4-9(7)11-10(6-15)12(16)19-13(17)18-11/h2-4H,1H3,(H4,16,17,18,19). The van der Waals surface area contributed by atoms with Gasteiger partial charge in [0.2, 0.25) is 5.95 Å². The number of hydrogen-bond acceptors (Lipinski definition) is 6. The smallest absolute Gasteiger partial charge is 0.222 e. The summed E-state index contributed by atoms with van der Waals surface area (Å²) in [6.45, 7) is 1.78. The number of rotatable bonds is 1. The average Bonchev–Trinajstić information content (AvgIpc) is 2.38. The van der Waals surface area contributed by atoms with Crippen molar-refractivity contribution in [3.8, 4) is 23.4 Å². The number of nitrogens with zero attached hydrogens (tertiary/aromatic N) is 4. The Bertz CT molecular complexity index is 736. The molecule has 1 aromatic carbocycles. The van der Waals surface area contributed by atoms with Gasteiger partial charge in [-0.15, -0.1) is 0 Å². The van der Waals surface area contributed by atoms with Crippen LogP contribution in [0.15, 0.2) is 18.2 Å². The molecule has 2 rings (SSSR count). The van der Waals surface area contributed by atoms with Crippen molar-refractivity contribution in [1.82, 2.24) is 9.97 Å². The molecule has 0 amide bonds. The van der Waals surface area contributed by atoms with Gasteiger partial charge in [0.25, 0.3) is 0 Å². The van der Waals surface area contributed by atoms with Crippen LogP contribution >= 0.6 is 0 Å². The molecule has 19 heavy (non-hydrogen) atoms. The lowest BCUT2D eigenvalue weighted by atomic mass is 9.98. The fraction of sp³-hybridized carbons (Fsp3) is 0.0769. The van der Waals surface area contributed by atoms with Crippen LogP contribution in [0.2, 0.25) is 0 Å². The third-order valence-electron chi connectivity index (χ3n) is 2.78. The van der Waals surface area contributed by atoms with Gasteiger partial charge in [-0.05, 0) is 18.6 Å². The molecule has 1 heterocycles. The maximum absolute atomic E-state index is 9.15. The Morgan fingerprint density at radius 1 is 1.11 bits per heavy atom. The summed E-state index contributed by atoms with van der Waals surface area (Å²) >= 11 is 0. The Labute approximate surface area is 109 Å². The number of nitrogens with two attached hydrogens (primary N) is 2. The number of benzene rings is 1. The molecule has 6 heteroatoms. The average molecular weight is 250 g/mol. The molecule has 92 valence electrons. The highest BCUT2D eigenvalue weighted by Crippen LogP contribution is 2.29. The van der Waals surface area contributed by atoms with Crippen molar-refractivity contribution < 1.29 is 0 Å². The second kappa shape index (κ2) is 4.63. The molecule has 0 spiro atoms. The first kappa shape index (κ1) is 12.3. The fourth-order valence-corrected chi connectivity index (χ4v) is 1.81. The quantitative estimate of drug-likeness (QED) is 0.786. The zero-order valence-corrected chi connectivity index (χ0v) is 10.2. The first-order valence-corrected chi connectivity index (χ1v) is 5.41. The summed E-state index contributed by atoms with van der Waals surface area (Å²) in [6, 6.07) is 9.22. The molecule has 0 aliphatic rings. The summed E-state index contributed by atoms with van der Waals surface area (Å²) in [4.78, 5) is 7.83. The topological polar surface area (TPSA) is 125 Å². The molecule has 6 nitrogen and oxygen atoms in total. The van der Waals surface area contributed by atoms with Gasteiger partial charge in [-0.3, -0.25) is 0 Å². The lowest BCUT2D eigenvalue weighted by Crippen LogP contribution is -2.05. The zero-order chi connectivity index (χ0) is 14.0. The first-order valence-electron chi connectivity index (χ1n) is 5.41. The molecule has 1 aromatic heterocycles. The summed E-state index contributed by atoms with van der Waals surface area (Å²) in [5.74, 6) is 0.0278. The first-order chi connectivity index (χ1) is 9.08. The van der Waals surface area contributed by atoms with Gasteiger partial charge in [0.05, 0.1) is 17.3 Å². The normalized spacial score (nSPS) is 9.63. The van der Waals surface area contributed by atoms with Crippen LogP contribution in [0.1, 0.15) is 16.7 Å². The van der Waals surface area contributed by atoms with Crippen LogP contribution in [0.25, 0.3) is 11.3 Å². The highest BCUT2D eigenvalue weighted by Gasteiger charge is 2.16. The lowest BCUT2D eigenvalue weighted by Gasteiger charge is -2.10. The second-order valence-electron chi connectivity index (χ2n) is 3.89. The Kier molecular flexibility index (Phi) is 3.01. The molecule has 0 radical (unpaired) electrons. The Balaban J connectivity index is 2.81. The molecule has 2 aromatic rings. The number of nitrogen functional groups attached to an aromatic ring is 2. The van der Waals surface area contributed by atoms with E-state index in [1.807, 2.05) is 6.07 Å². The van der Waals surface area contributed by atoms with E-state index in [0.717, 1.165) is 5.56 Å². The van der Waals surface area contributed by atoms with Gasteiger partial charge in [-0.1, -0.05) is 12.1 Å². The Morgan fingerprint density at radius 3 is 2.47 bits per heavy atom. The van der Waals surface area contributed by atoms with Gasteiger partial charge < -0.3 is 11.5 Å². The summed E-state index contributed by atoms with van der Waals surface area (Å²) in [5.41, 5.74) is 13.6. The van der Waals surface area contributed by atoms with E-state index in [0.29, 0.717) is 16.8 Å². The summed E-state index contributed by atoms with van der Waals surface area (Å²) in [5, 5.41) is 18.2. The molecule has 0 aliphatic carbocycles. The number of nitriles is 2. The van der Waals surface area contributed by atoms with Crippen LogP contribution < -0.4 is 11.5 Å². The summed E-state index contributed by atoms with van der Waals surface area (Å²) < 4.78 is 0. The Hall–Kier alpha value is -3.12. The fourth-order valence-electron chi connectivity index (χ4n) is 1.81. The van der Waals surface area contributed by atoms with Gasteiger partial charge in [-0.25, -0.2) is 4.98 Å². The van der Waals surface area contributed by atoms with Crippen LogP contribution in [0.3, 0.4) is 0 Å². The molecule has 0 aliphatic heterocycles. The minimum atomic E-state index is -0.00624. The highest BCUT2D eigenvalue weighted by atomic mass is 15.0. The Morgan fingerprint density at radius 2 is 1.84 bits per heavy atom. The highest BCUT2D eigenvalue weighted by molar-refractivity contribution is 5.76. The van der Waals surface area contributed by atoms with Gasteiger partial charge >= 0.3 is 0 Å². The molecule has 0 unspecified atom stereocenters. The van der Waals surface area contributed by atoms with E-state index >= 15 is 0 Å². The SMILES string of the molecule is Cc1c(C#N)cccc1-c1nc(N)nc(N)c1C#N. The van der Waals surface area contributed by atoms with Crippen molar-refractivity contribution in [1.29, 1.82) is 10.5 Å². The molecular weight excluding hydrogens is 240 g/mol. The lowest BCUT2D eigenvalue weighted by molar-refractivity contribution is 1.18. The van der Waals surface area contributed by atoms with E-state index in [4.69, 9.17) is 22.0 Å².